The topological polar surface area (TPSA) is 68.7 Å². The summed E-state index contributed by atoms with van der Waals surface area (Å²) < 4.78 is 39.1. The van der Waals surface area contributed by atoms with E-state index in [4.69, 9.17) is 5.11 Å². The van der Waals surface area contributed by atoms with Gasteiger partial charge in [-0.1, -0.05) is 12.1 Å². The summed E-state index contributed by atoms with van der Waals surface area (Å²) >= 11 is 0. The number of carbonyl (C=O) groups excluding carboxylic acids is 1. The number of pyridine rings is 1. The standard InChI is InChI=1S/C19H19F3N4O2/c20-19(21,22)13-3-1-2-12(10-13)15-4-5-16-17(24-15)26(18(28)23-7-9-27)14-6-8-25(16)11-14/h1-5,10,14,27H,6-9,11H2,(H,23,28)/t14-/m0/s1. The maximum atomic E-state index is 13.0. The van der Waals surface area contributed by atoms with Gasteiger partial charge in [0.15, 0.2) is 5.82 Å². The summed E-state index contributed by atoms with van der Waals surface area (Å²) in [5.41, 5.74) is 0.739. The summed E-state index contributed by atoms with van der Waals surface area (Å²) in [6, 6.07) is 8.04. The molecule has 3 heterocycles. The minimum Gasteiger partial charge on any atom is -0.395 e. The number of alkyl halides is 3. The molecule has 0 spiro atoms. The molecule has 0 radical (unpaired) electrons. The Morgan fingerprint density at radius 3 is 2.86 bits per heavy atom. The van der Waals surface area contributed by atoms with Crippen LogP contribution in [0, 0.1) is 0 Å². The highest BCUT2D eigenvalue weighted by atomic mass is 19.4. The highest BCUT2D eigenvalue weighted by molar-refractivity contribution is 5.97. The molecule has 2 amide bonds. The lowest BCUT2D eigenvalue weighted by molar-refractivity contribution is -0.137. The van der Waals surface area contributed by atoms with Crippen molar-refractivity contribution in [3.8, 4) is 11.3 Å². The summed E-state index contributed by atoms with van der Waals surface area (Å²) in [6.07, 6.45) is -3.66. The van der Waals surface area contributed by atoms with E-state index in [-0.39, 0.29) is 25.2 Å². The SMILES string of the molecule is O=C(NCCO)N1c2nc(-c3cccc(C(F)(F)F)c3)ccc2N2CC[C@H]1C2. The van der Waals surface area contributed by atoms with E-state index in [0.717, 1.165) is 30.8 Å². The number of nitrogens with zero attached hydrogens (tertiary/aromatic N) is 3. The Bertz CT molecular complexity index is 903. The fourth-order valence-corrected chi connectivity index (χ4v) is 3.74. The summed E-state index contributed by atoms with van der Waals surface area (Å²) in [4.78, 5) is 20.9. The molecular formula is C19H19F3N4O2. The van der Waals surface area contributed by atoms with E-state index in [1.165, 1.54) is 6.07 Å². The van der Waals surface area contributed by atoms with Gasteiger partial charge in [-0.3, -0.25) is 4.90 Å². The molecule has 2 aliphatic rings. The molecule has 2 aromatic rings. The zero-order valence-corrected chi connectivity index (χ0v) is 14.9. The molecule has 9 heteroatoms. The average molecular weight is 392 g/mol. The van der Waals surface area contributed by atoms with Gasteiger partial charge in [0.1, 0.15) is 0 Å². The van der Waals surface area contributed by atoms with Crippen LogP contribution in [0.1, 0.15) is 12.0 Å². The number of benzene rings is 1. The molecule has 1 aromatic carbocycles. The molecule has 1 aromatic heterocycles. The molecule has 1 atom stereocenters. The van der Waals surface area contributed by atoms with Gasteiger partial charge >= 0.3 is 12.2 Å². The average Bonchev–Trinajstić information content (AvgIpc) is 3.10. The number of hydrogen-bond donors (Lipinski definition) is 2. The first kappa shape index (κ1) is 18.5. The van der Waals surface area contributed by atoms with Gasteiger partial charge in [-0.15, -0.1) is 0 Å². The van der Waals surface area contributed by atoms with Gasteiger partial charge in [0.05, 0.1) is 29.6 Å². The zero-order valence-electron chi connectivity index (χ0n) is 14.9. The number of hydrogen-bond acceptors (Lipinski definition) is 4. The van der Waals surface area contributed by atoms with Crippen molar-refractivity contribution in [1.29, 1.82) is 0 Å². The summed E-state index contributed by atoms with van der Waals surface area (Å²) in [6.45, 7) is 1.41. The fourth-order valence-electron chi connectivity index (χ4n) is 3.74. The van der Waals surface area contributed by atoms with E-state index in [1.54, 1.807) is 23.1 Å². The second kappa shape index (κ2) is 6.97. The predicted octanol–water partition coefficient (Wildman–Crippen LogP) is 2.87. The van der Waals surface area contributed by atoms with Crippen LogP contribution in [0.2, 0.25) is 0 Å². The third-order valence-corrected chi connectivity index (χ3v) is 5.04. The lowest BCUT2D eigenvalue weighted by Gasteiger charge is -2.36. The minimum absolute atomic E-state index is 0.0598. The van der Waals surface area contributed by atoms with Crippen LogP contribution in [0.3, 0.4) is 0 Å². The third-order valence-electron chi connectivity index (χ3n) is 5.04. The van der Waals surface area contributed by atoms with Crippen LogP contribution < -0.4 is 15.1 Å². The van der Waals surface area contributed by atoms with Gasteiger partial charge < -0.3 is 15.3 Å². The lowest BCUT2D eigenvalue weighted by Crippen LogP contribution is -2.51. The Morgan fingerprint density at radius 2 is 2.11 bits per heavy atom. The Labute approximate surface area is 159 Å². The number of aromatic nitrogens is 1. The molecule has 0 aliphatic carbocycles. The monoisotopic (exact) mass is 392 g/mol. The molecule has 6 nitrogen and oxygen atoms in total. The van der Waals surface area contributed by atoms with Crippen molar-refractivity contribution in [1.82, 2.24) is 10.3 Å². The molecular weight excluding hydrogens is 373 g/mol. The van der Waals surface area contributed by atoms with E-state index < -0.39 is 11.7 Å². The molecule has 1 fully saturated rings. The number of amides is 2. The molecule has 0 saturated carbocycles. The third kappa shape index (κ3) is 3.26. The summed E-state index contributed by atoms with van der Waals surface area (Å²) in [5.74, 6) is 0.430. The number of nitrogens with one attached hydrogen (secondary N) is 1. The number of aliphatic hydroxyl groups is 1. The van der Waals surface area contributed by atoms with Crippen molar-refractivity contribution in [2.75, 3.05) is 36.0 Å². The maximum absolute atomic E-state index is 13.0. The van der Waals surface area contributed by atoms with Crippen molar-refractivity contribution in [3.63, 3.8) is 0 Å². The Hall–Kier alpha value is -2.81. The summed E-state index contributed by atoms with van der Waals surface area (Å²) in [7, 11) is 0. The van der Waals surface area contributed by atoms with E-state index in [9.17, 15) is 18.0 Å². The molecule has 4 rings (SSSR count). The van der Waals surface area contributed by atoms with Crippen molar-refractivity contribution in [2.45, 2.75) is 18.6 Å². The van der Waals surface area contributed by atoms with E-state index >= 15 is 0 Å². The normalized spacial score (nSPS) is 18.2. The van der Waals surface area contributed by atoms with Crippen LogP contribution in [0.4, 0.5) is 29.5 Å². The molecule has 1 saturated heterocycles. The molecule has 2 bridgehead atoms. The van der Waals surface area contributed by atoms with Crippen LogP contribution in [0.25, 0.3) is 11.3 Å². The Morgan fingerprint density at radius 1 is 1.29 bits per heavy atom. The number of halogens is 3. The second-order valence-corrected chi connectivity index (χ2v) is 6.83. The van der Waals surface area contributed by atoms with Gasteiger partial charge in [0, 0.05) is 25.2 Å². The van der Waals surface area contributed by atoms with Crippen LogP contribution in [-0.4, -0.2) is 48.4 Å². The van der Waals surface area contributed by atoms with Gasteiger partial charge in [0.2, 0.25) is 0 Å². The highest BCUT2D eigenvalue weighted by Crippen LogP contribution is 2.40. The van der Waals surface area contributed by atoms with Gasteiger partial charge in [-0.25, -0.2) is 9.78 Å². The number of anilines is 2. The second-order valence-electron chi connectivity index (χ2n) is 6.83. The predicted molar refractivity (Wildman–Crippen MR) is 98.3 cm³/mol. The molecule has 28 heavy (non-hydrogen) atoms. The smallest absolute Gasteiger partial charge is 0.395 e. The Balaban J connectivity index is 1.74. The molecule has 0 unspecified atom stereocenters. The fraction of sp³-hybridized carbons (Fsp3) is 0.368. The molecule has 2 N–H and O–H groups in total. The van der Waals surface area contributed by atoms with Gasteiger partial charge in [-0.2, -0.15) is 13.2 Å². The van der Waals surface area contributed by atoms with Crippen molar-refractivity contribution in [3.05, 3.63) is 42.0 Å². The zero-order chi connectivity index (χ0) is 19.9. The number of aliphatic hydroxyl groups excluding tert-OH is 1. The van der Waals surface area contributed by atoms with Crippen LogP contribution in [0.5, 0.6) is 0 Å². The van der Waals surface area contributed by atoms with Crippen LogP contribution in [0.15, 0.2) is 36.4 Å². The van der Waals surface area contributed by atoms with E-state index in [1.807, 2.05) is 0 Å². The molecule has 2 aliphatic heterocycles. The van der Waals surface area contributed by atoms with Crippen molar-refractivity contribution in [2.24, 2.45) is 0 Å². The first-order valence-corrected chi connectivity index (χ1v) is 9.00. The number of rotatable bonds is 3. The quantitative estimate of drug-likeness (QED) is 0.843. The minimum atomic E-state index is -4.44. The van der Waals surface area contributed by atoms with E-state index in [0.29, 0.717) is 23.6 Å². The van der Waals surface area contributed by atoms with Crippen LogP contribution >= 0.6 is 0 Å². The molecule has 148 valence electrons. The number of carbonyl (C=O) groups is 1. The Kier molecular flexibility index (Phi) is 4.62. The maximum Gasteiger partial charge on any atom is 0.416 e. The largest absolute Gasteiger partial charge is 0.416 e. The van der Waals surface area contributed by atoms with Gasteiger partial charge in [0.25, 0.3) is 0 Å². The first-order chi connectivity index (χ1) is 13.4. The lowest BCUT2D eigenvalue weighted by atomic mass is 10.1. The number of urea groups is 1. The first-order valence-electron chi connectivity index (χ1n) is 9.00. The van der Waals surface area contributed by atoms with E-state index in [2.05, 4.69) is 15.2 Å². The van der Waals surface area contributed by atoms with Crippen molar-refractivity contribution >= 4 is 17.5 Å². The van der Waals surface area contributed by atoms with Crippen molar-refractivity contribution < 1.29 is 23.1 Å². The highest BCUT2D eigenvalue weighted by Gasteiger charge is 2.40. The van der Waals surface area contributed by atoms with Crippen LogP contribution in [-0.2, 0) is 6.18 Å². The number of fused-ring (bicyclic) bond motifs is 4. The van der Waals surface area contributed by atoms with Gasteiger partial charge in [-0.05, 0) is 30.7 Å². The summed E-state index contributed by atoms with van der Waals surface area (Å²) in [5, 5.41) is 11.6.